The van der Waals surface area contributed by atoms with Crippen molar-refractivity contribution in [2.45, 2.75) is 31.2 Å². The van der Waals surface area contributed by atoms with Crippen molar-refractivity contribution in [2.75, 3.05) is 20.3 Å². The lowest BCUT2D eigenvalue weighted by atomic mass is 10.1. The molecule has 0 bridgehead atoms. The Hall–Kier alpha value is -1.00. The van der Waals surface area contributed by atoms with Crippen molar-refractivity contribution in [3.8, 4) is 0 Å². The zero-order valence-corrected chi connectivity index (χ0v) is 12.1. The monoisotopic (exact) mass is 267 g/mol. The number of benzene rings is 1. The molecule has 0 saturated carbocycles. The van der Waals surface area contributed by atoms with Gasteiger partial charge in [0.1, 0.15) is 0 Å². The van der Waals surface area contributed by atoms with Gasteiger partial charge in [0.15, 0.2) is 0 Å². The number of carbonyl (C=O) groups excluding carboxylic acids is 1. The Kier molecular flexibility index (Phi) is 6.22. The number of carbonyl (C=O) groups is 1. The summed E-state index contributed by atoms with van der Waals surface area (Å²) in [6.07, 6.45) is 0.427. The minimum atomic E-state index is 0.133. The largest absolute Gasteiger partial charge is 0.383 e. The first-order valence-electron chi connectivity index (χ1n) is 6.11. The molecule has 0 aliphatic heterocycles. The molecule has 0 aromatic heterocycles. The quantitative estimate of drug-likeness (QED) is 0.802. The van der Waals surface area contributed by atoms with Gasteiger partial charge in [-0.05, 0) is 31.5 Å². The molecule has 1 amide bonds. The van der Waals surface area contributed by atoms with Crippen LogP contribution >= 0.6 is 12.6 Å². The van der Waals surface area contributed by atoms with E-state index in [0.29, 0.717) is 19.6 Å². The highest BCUT2D eigenvalue weighted by molar-refractivity contribution is 7.80. The Balaban J connectivity index is 2.63. The van der Waals surface area contributed by atoms with Crippen molar-refractivity contribution >= 4 is 18.5 Å². The SMILES string of the molecule is COCCN(C(=O)Cc1ccc(S)cc1)C(C)C. The maximum absolute atomic E-state index is 12.2. The number of nitrogens with zero attached hydrogens (tertiary/aromatic N) is 1. The molecule has 1 rings (SSSR count). The van der Waals surface area contributed by atoms with E-state index in [4.69, 9.17) is 4.74 Å². The number of amides is 1. The van der Waals surface area contributed by atoms with Crippen molar-refractivity contribution in [3.05, 3.63) is 29.8 Å². The van der Waals surface area contributed by atoms with Crippen LogP contribution in [0.25, 0.3) is 0 Å². The van der Waals surface area contributed by atoms with Gasteiger partial charge in [0.25, 0.3) is 0 Å². The molecule has 18 heavy (non-hydrogen) atoms. The Morgan fingerprint density at radius 3 is 2.44 bits per heavy atom. The average molecular weight is 267 g/mol. The number of methoxy groups -OCH3 is 1. The van der Waals surface area contributed by atoms with Crippen molar-refractivity contribution in [1.82, 2.24) is 4.90 Å². The molecule has 0 atom stereocenters. The van der Waals surface area contributed by atoms with Gasteiger partial charge in [-0.1, -0.05) is 12.1 Å². The highest BCUT2D eigenvalue weighted by Gasteiger charge is 2.16. The summed E-state index contributed by atoms with van der Waals surface area (Å²) in [5, 5.41) is 0. The smallest absolute Gasteiger partial charge is 0.227 e. The molecule has 100 valence electrons. The Morgan fingerprint density at radius 1 is 1.33 bits per heavy atom. The molecule has 0 aliphatic rings. The first kappa shape index (κ1) is 15.1. The fourth-order valence-corrected chi connectivity index (χ4v) is 1.90. The molecule has 0 saturated heterocycles. The summed E-state index contributed by atoms with van der Waals surface area (Å²) in [5.74, 6) is 0.133. The van der Waals surface area contributed by atoms with E-state index in [1.54, 1.807) is 7.11 Å². The Morgan fingerprint density at radius 2 is 1.94 bits per heavy atom. The normalized spacial score (nSPS) is 10.7. The number of thiol groups is 1. The molecular weight excluding hydrogens is 246 g/mol. The summed E-state index contributed by atoms with van der Waals surface area (Å²) in [5.41, 5.74) is 1.01. The van der Waals surface area contributed by atoms with Crippen LogP contribution in [0.2, 0.25) is 0 Å². The lowest BCUT2D eigenvalue weighted by Gasteiger charge is -2.26. The predicted molar refractivity (Wildman–Crippen MR) is 76.1 cm³/mol. The van der Waals surface area contributed by atoms with Gasteiger partial charge >= 0.3 is 0 Å². The summed E-state index contributed by atoms with van der Waals surface area (Å²) < 4.78 is 5.03. The first-order valence-corrected chi connectivity index (χ1v) is 6.55. The van der Waals surface area contributed by atoms with Gasteiger partial charge in [0.05, 0.1) is 13.0 Å². The predicted octanol–water partition coefficient (Wildman–Crippen LogP) is 2.40. The van der Waals surface area contributed by atoms with E-state index in [1.807, 2.05) is 43.0 Å². The second-order valence-corrected chi connectivity index (χ2v) is 5.03. The van der Waals surface area contributed by atoms with Gasteiger partial charge in [0.2, 0.25) is 5.91 Å². The number of hydrogen-bond acceptors (Lipinski definition) is 3. The van der Waals surface area contributed by atoms with E-state index in [9.17, 15) is 4.79 Å². The van der Waals surface area contributed by atoms with E-state index in [1.165, 1.54) is 0 Å². The molecule has 0 aliphatic carbocycles. The van der Waals surface area contributed by atoms with Crippen LogP contribution in [0.1, 0.15) is 19.4 Å². The van der Waals surface area contributed by atoms with Crippen molar-refractivity contribution < 1.29 is 9.53 Å². The van der Waals surface area contributed by atoms with Crippen molar-refractivity contribution in [3.63, 3.8) is 0 Å². The van der Waals surface area contributed by atoms with Crippen LogP contribution in [-0.2, 0) is 16.0 Å². The highest BCUT2D eigenvalue weighted by Crippen LogP contribution is 2.10. The maximum Gasteiger partial charge on any atom is 0.227 e. The summed E-state index contributed by atoms with van der Waals surface area (Å²) in [6, 6.07) is 7.88. The first-order chi connectivity index (χ1) is 8.54. The second-order valence-electron chi connectivity index (χ2n) is 4.52. The Labute approximate surface area is 115 Å². The van der Waals surface area contributed by atoms with Gasteiger partial charge in [-0.3, -0.25) is 4.79 Å². The molecular formula is C14H21NO2S. The summed E-state index contributed by atoms with van der Waals surface area (Å²) in [4.78, 5) is 15.0. The minimum Gasteiger partial charge on any atom is -0.383 e. The van der Waals surface area contributed by atoms with Gasteiger partial charge in [-0.25, -0.2) is 0 Å². The molecule has 0 unspecified atom stereocenters. The molecule has 0 fully saturated rings. The third-order valence-corrected chi connectivity index (χ3v) is 3.07. The number of ether oxygens (including phenoxy) is 1. The molecule has 1 aromatic carbocycles. The Bertz CT molecular complexity index is 376. The zero-order chi connectivity index (χ0) is 13.5. The van der Waals surface area contributed by atoms with E-state index < -0.39 is 0 Å². The second kappa shape index (κ2) is 7.44. The average Bonchev–Trinajstić information content (AvgIpc) is 2.32. The molecule has 4 heteroatoms. The van der Waals surface area contributed by atoms with E-state index in [2.05, 4.69) is 12.6 Å². The lowest BCUT2D eigenvalue weighted by Crippen LogP contribution is -2.40. The van der Waals surface area contributed by atoms with Crippen LogP contribution in [0.15, 0.2) is 29.2 Å². The summed E-state index contributed by atoms with van der Waals surface area (Å²) in [6.45, 7) is 5.24. The third-order valence-electron chi connectivity index (χ3n) is 2.77. The van der Waals surface area contributed by atoms with E-state index in [0.717, 1.165) is 10.5 Å². The molecule has 0 heterocycles. The number of rotatable bonds is 6. The van der Waals surface area contributed by atoms with Crippen LogP contribution in [-0.4, -0.2) is 37.1 Å². The molecule has 1 aromatic rings. The number of hydrogen-bond donors (Lipinski definition) is 1. The summed E-state index contributed by atoms with van der Waals surface area (Å²) in [7, 11) is 1.65. The highest BCUT2D eigenvalue weighted by atomic mass is 32.1. The van der Waals surface area contributed by atoms with Crippen LogP contribution < -0.4 is 0 Å². The van der Waals surface area contributed by atoms with Crippen LogP contribution in [0.3, 0.4) is 0 Å². The van der Waals surface area contributed by atoms with Gasteiger partial charge in [-0.2, -0.15) is 0 Å². The van der Waals surface area contributed by atoms with Crippen LogP contribution in [0.5, 0.6) is 0 Å². The van der Waals surface area contributed by atoms with Crippen LogP contribution in [0, 0.1) is 0 Å². The van der Waals surface area contributed by atoms with Gasteiger partial charge in [-0.15, -0.1) is 12.6 Å². The molecule has 3 nitrogen and oxygen atoms in total. The lowest BCUT2D eigenvalue weighted by molar-refractivity contribution is -0.132. The van der Waals surface area contributed by atoms with E-state index in [-0.39, 0.29) is 11.9 Å². The van der Waals surface area contributed by atoms with Crippen LogP contribution in [0.4, 0.5) is 0 Å². The zero-order valence-electron chi connectivity index (χ0n) is 11.2. The molecule has 0 spiro atoms. The standard InChI is InChI=1S/C14H21NO2S/c1-11(2)15(8-9-17-3)14(16)10-12-4-6-13(18)7-5-12/h4-7,11,18H,8-10H2,1-3H3. The molecule has 0 radical (unpaired) electrons. The maximum atomic E-state index is 12.2. The van der Waals surface area contributed by atoms with Crippen molar-refractivity contribution in [2.24, 2.45) is 0 Å². The third kappa shape index (κ3) is 4.70. The summed E-state index contributed by atoms with van der Waals surface area (Å²) >= 11 is 4.23. The van der Waals surface area contributed by atoms with Crippen molar-refractivity contribution in [1.29, 1.82) is 0 Å². The minimum absolute atomic E-state index is 0.133. The topological polar surface area (TPSA) is 29.5 Å². The van der Waals surface area contributed by atoms with Gasteiger partial charge in [0, 0.05) is 24.6 Å². The fourth-order valence-electron chi connectivity index (χ4n) is 1.75. The van der Waals surface area contributed by atoms with Gasteiger partial charge < -0.3 is 9.64 Å². The fraction of sp³-hybridized carbons (Fsp3) is 0.500. The van der Waals surface area contributed by atoms with E-state index >= 15 is 0 Å². The molecule has 0 N–H and O–H groups in total.